The molecular formula is C21H24N2O3. The Morgan fingerprint density at radius 1 is 1.08 bits per heavy atom. The molecule has 0 heterocycles. The van der Waals surface area contributed by atoms with Crippen molar-refractivity contribution >= 4 is 17.5 Å². The minimum absolute atomic E-state index is 0.00602. The van der Waals surface area contributed by atoms with Crippen molar-refractivity contribution in [1.82, 2.24) is 5.32 Å². The third-order valence-corrected chi connectivity index (χ3v) is 4.79. The van der Waals surface area contributed by atoms with E-state index < -0.39 is 0 Å². The number of ether oxygens (including phenoxy) is 1. The molecule has 3 rings (SSSR count). The Hall–Kier alpha value is -2.82. The van der Waals surface area contributed by atoms with E-state index in [2.05, 4.69) is 5.32 Å². The van der Waals surface area contributed by atoms with E-state index in [4.69, 9.17) is 4.74 Å². The van der Waals surface area contributed by atoms with Crippen LogP contribution in [0.15, 0.2) is 54.6 Å². The quantitative estimate of drug-likeness (QED) is 0.833. The molecule has 1 saturated carbocycles. The molecule has 5 nitrogen and oxygen atoms in total. The van der Waals surface area contributed by atoms with Crippen LogP contribution >= 0.6 is 0 Å². The van der Waals surface area contributed by atoms with Crippen LogP contribution in [0.4, 0.5) is 5.69 Å². The molecule has 2 amide bonds. The van der Waals surface area contributed by atoms with Gasteiger partial charge in [0.1, 0.15) is 5.75 Å². The highest BCUT2D eigenvalue weighted by Gasteiger charge is 2.49. The van der Waals surface area contributed by atoms with Gasteiger partial charge in [0.15, 0.2) is 0 Å². The molecule has 0 aromatic heterocycles. The minimum atomic E-state index is -0.207. The summed E-state index contributed by atoms with van der Waals surface area (Å²) in [7, 11) is 3.40. The summed E-state index contributed by atoms with van der Waals surface area (Å²) in [5.74, 6) is 0.384. The van der Waals surface area contributed by atoms with E-state index in [0.717, 1.165) is 23.4 Å². The molecule has 1 aliphatic rings. The Labute approximate surface area is 154 Å². The number of methoxy groups -OCH3 is 1. The topological polar surface area (TPSA) is 58.6 Å². The maximum Gasteiger partial charge on any atom is 0.230 e. The molecule has 0 saturated heterocycles. The number of nitrogens with zero attached hydrogens (tertiary/aromatic N) is 1. The zero-order chi connectivity index (χ0) is 18.5. The third kappa shape index (κ3) is 4.23. The van der Waals surface area contributed by atoms with Gasteiger partial charge in [-0.1, -0.05) is 30.3 Å². The molecular weight excluding hydrogens is 328 g/mol. The first kappa shape index (κ1) is 18.0. The van der Waals surface area contributed by atoms with Crippen molar-refractivity contribution in [2.24, 2.45) is 11.8 Å². The summed E-state index contributed by atoms with van der Waals surface area (Å²) in [4.78, 5) is 26.4. The molecule has 26 heavy (non-hydrogen) atoms. The Morgan fingerprint density at radius 3 is 2.42 bits per heavy atom. The van der Waals surface area contributed by atoms with E-state index >= 15 is 0 Å². The zero-order valence-corrected chi connectivity index (χ0v) is 15.1. The summed E-state index contributed by atoms with van der Waals surface area (Å²) in [5.41, 5.74) is 1.99. The van der Waals surface area contributed by atoms with E-state index in [-0.39, 0.29) is 23.7 Å². The van der Waals surface area contributed by atoms with Crippen LogP contribution in [0.1, 0.15) is 12.0 Å². The van der Waals surface area contributed by atoms with E-state index in [0.29, 0.717) is 13.0 Å². The normalized spacial score (nSPS) is 18.1. The average Bonchev–Trinajstić information content (AvgIpc) is 3.49. The third-order valence-electron chi connectivity index (χ3n) is 4.79. The van der Waals surface area contributed by atoms with Gasteiger partial charge in [0.05, 0.1) is 18.9 Å². The fraction of sp³-hybridized carbons (Fsp3) is 0.333. The van der Waals surface area contributed by atoms with Gasteiger partial charge in [-0.05, 0) is 42.7 Å². The van der Waals surface area contributed by atoms with Gasteiger partial charge in [-0.2, -0.15) is 0 Å². The van der Waals surface area contributed by atoms with Crippen LogP contribution in [-0.4, -0.2) is 32.5 Å². The molecule has 1 N–H and O–H groups in total. The van der Waals surface area contributed by atoms with Gasteiger partial charge in [0.2, 0.25) is 11.8 Å². The minimum Gasteiger partial charge on any atom is -0.497 e. The zero-order valence-electron chi connectivity index (χ0n) is 15.1. The Kier molecular flexibility index (Phi) is 5.56. The fourth-order valence-corrected chi connectivity index (χ4v) is 3.04. The molecule has 0 aliphatic heterocycles. The number of hydrogen-bond donors (Lipinski definition) is 1. The summed E-state index contributed by atoms with van der Waals surface area (Å²) < 4.78 is 5.13. The number of anilines is 1. The second-order valence-electron chi connectivity index (χ2n) is 6.57. The lowest BCUT2D eigenvalue weighted by Crippen LogP contribution is -2.32. The molecule has 2 aromatic rings. The van der Waals surface area contributed by atoms with Crippen molar-refractivity contribution in [3.63, 3.8) is 0 Å². The van der Waals surface area contributed by atoms with Crippen LogP contribution in [-0.2, 0) is 16.0 Å². The Morgan fingerprint density at radius 2 is 1.77 bits per heavy atom. The lowest BCUT2D eigenvalue weighted by Gasteiger charge is -2.17. The summed E-state index contributed by atoms with van der Waals surface area (Å²) in [5, 5.41) is 2.94. The number of benzene rings is 2. The van der Waals surface area contributed by atoms with Crippen molar-refractivity contribution in [3.8, 4) is 5.75 Å². The van der Waals surface area contributed by atoms with Crippen LogP contribution in [0.3, 0.4) is 0 Å². The van der Waals surface area contributed by atoms with E-state index in [1.807, 2.05) is 54.6 Å². The molecule has 136 valence electrons. The summed E-state index contributed by atoms with van der Waals surface area (Å²) in [6.45, 7) is 0.567. The SMILES string of the molecule is COc1ccc(CCNC(=O)C2CC2C(=O)N(C)c2ccccc2)cc1. The number of carbonyl (C=O) groups is 2. The van der Waals surface area contributed by atoms with Gasteiger partial charge in [-0.15, -0.1) is 0 Å². The maximum absolute atomic E-state index is 12.5. The van der Waals surface area contributed by atoms with Crippen LogP contribution in [0.5, 0.6) is 5.75 Å². The number of amides is 2. The summed E-state index contributed by atoms with van der Waals surface area (Å²) in [6.07, 6.45) is 1.38. The second kappa shape index (κ2) is 8.04. The first-order chi connectivity index (χ1) is 12.6. The van der Waals surface area contributed by atoms with Gasteiger partial charge in [0, 0.05) is 19.3 Å². The summed E-state index contributed by atoms with van der Waals surface area (Å²) in [6, 6.07) is 17.3. The first-order valence-corrected chi connectivity index (χ1v) is 8.83. The highest BCUT2D eigenvalue weighted by Crippen LogP contribution is 2.40. The van der Waals surface area contributed by atoms with Crippen LogP contribution < -0.4 is 15.0 Å². The lowest BCUT2D eigenvalue weighted by atomic mass is 10.1. The van der Waals surface area contributed by atoms with E-state index in [1.165, 1.54) is 0 Å². The van der Waals surface area contributed by atoms with Crippen molar-refractivity contribution in [2.75, 3.05) is 25.6 Å². The molecule has 0 spiro atoms. The second-order valence-corrected chi connectivity index (χ2v) is 6.57. The number of carbonyl (C=O) groups excluding carboxylic acids is 2. The van der Waals surface area contributed by atoms with Gasteiger partial charge >= 0.3 is 0 Å². The smallest absolute Gasteiger partial charge is 0.230 e. The molecule has 2 unspecified atom stereocenters. The molecule has 2 aromatic carbocycles. The van der Waals surface area contributed by atoms with Crippen molar-refractivity contribution in [1.29, 1.82) is 0 Å². The lowest BCUT2D eigenvalue weighted by molar-refractivity contribution is -0.125. The van der Waals surface area contributed by atoms with Gasteiger partial charge in [0.25, 0.3) is 0 Å². The monoisotopic (exact) mass is 352 g/mol. The first-order valence-electron chi connectivity index (χ1n) is 8.83. The number of hydrogen-bond acceptors (Lipinski definition) is 3. The highest BCUT2D eigenvalue weighted by atomic mass is 16.5. The average molecular weight is 352 g/mol. The Bertz CT molecular complexity index is 759. The largest absolute Gasteiger partial charge is 0.497 e. The van der Waals surface area contributed by atoms with Crippen molar-refractivity contribution in [3.05, 3.63) is 60.2 Å². The maximum atomic E-state index is 12.5. The van der Waals surface area contributed by atoms with Crippen molar-refractivity contribution in [2.45, 2.75) is 12.8 Å². The van der Waals surface area contributed by atoms with Gasteiger partial charge in [-0.25, -0.2) is 0 Å². The Balaban J connectivity index is 1.44. The van der Waals surface area contributed by atoms with E-state index in [1.54, 1.807) is 19.1 Å². The van der Waals surface area contributed by atoms with Crippen LogP contribution in [0.25, 0.3) is 0 Å². The molecule has 0 radical (unpaired) electrons. The van der Waals surface area contributed by atoms with Crippen molar-refractivity contribution < 1.29 is 14.3 Å². The molecule has 1 aliphatic carbocycles. The molecule has 0 bridgehead atoms. The number of nitrogens with one attached hydrogen (secondary N) is 1. The predicted molar refractivity (Wildman–Crippen MR) is 101 cm³/mol. The molecule has 1 fully saturated rings. The van der Waals surface area contributed by atoms with Crippen LogP contribution in [0.2, 0.25) is 0 Å². The van der Waals surface area contributed by atoms with E-state index in [9.17, 15) is 9.59 Å². The number of para-hydroxylation sites is 1. The molecule has 5 heteroatoms. The summed E-state index contributed by atoms with van der Waals surface area (Å²) >= 11 is 0. The van der Waals surface area contributed by atoms with Gasteiger partial charge in [-0.3, -0.25) is 9.59 Å². The van der Waals surface area contributed by atoms with Crippen LogP contribution in [0, 0.1) is 11.8 Å². The fourth-order valence-electron chi connectivity index (χ4n) is 3.04. The van der Waals surface area contributed by atoms with Gasteiger partial charge < -0.3 is 15.0 Å². The molecule has 2 atom stereocenters. The predicted octanol–water partition coefficient (Wildman–Crippen LogP) is 2.65. The highest BCUT2D eigenvalue weighted by molar-refractivity contribution is 6.00. The number of rotatable bonds is 7. The standard InChI is InChI=1S/C21H24N2O3/c1-23(16-6-4-3-5-7-16)21(25)19-14-18(19)20(24)22-13-12-15-8-10-17(26-2)11-9-15/h3-11,18-19H,12-14H2,1-2H3,(H,22,24).